The molecule has 1 unspecified atom stereocenters. The smallest absolute Gasteiger partial charge is 0.193 e. The minimum atomic E-state index is -0.0432. The van der Waals surface area contributed by atoms with Crippen LogP contribution in [0.25, 0.3) is 4.96 Å². The third-order valence-electron chi connectivity index (χ3n) is 2.49. The minimum Gasteiger partial charge on any atom is -0.297 e. The molecular formula is C9H10N6S2. The summed E-state index contributed by atoms with van der Waals surface area (Å²) in [5.41, 5.74) is 4.60. The lowest BCUT2D eigenvalue weighted by molar-refractivity contribution is 0.537. The number of imidazole rings is 1. The van der Waals surface area contributed by atoms with Gasteiger partial charge in [-0.1, -0.05) is 0 Å². The first-order valence-electron chi connectivity index (χ1n) is 5.01. The van der Waals surface area contributed by atoms with Gasteiger partial charge in [-0.05, 0) is 0 Å². The molecule has 0 saturated carbocycles. The van der Waals surface area contributed by atoms with E-state index in [1.807, 2.05) is 22.2 Å². The Bertz CT molecular complexity index is 569. The van der Waals surface area contributed by atoms with Crippen molar-refractivity contribution in [2.45, 2.75) is 12.5 Å². The summed E-state index contributed by atoms with van der Waals surface area (Å²) in [5, 5.41) is 2.01. The molecule has 0 amide bonds. The number of hydrogen-bond acceptors (Lipinski definition) is 7. The van der Waals surface area contributed by atoms with Gasteiger partial charge in [0.15, 0.2) is 4.96 Å². The molecule has 1 atom stereocenters. The highest BCUT2D eigenvalue weighted by molar-refractivity contribution is 7.15. The van der Waals surface area contributed by atoms with Crippen molar-refractivity contribution in [2.24, 2.45) is 5.84 Å². The van der Waals surface area contributed by atoms with Crippen molar-refractivity contribution < 1.29 is 0 Å². The van der Waals surface area contributed by atoms with E-state index in [0.717, 1.165) is 16.3 Å². The summed E-state index contributed by atoms with van der Waals surface area (Å²) in [6.07, 6.45) is 6.44. The Hall–Kier alpha value is -1.35. The maximum absolute atomic E-state index is 5.54. The van der Waals surface area contributed by atoms with E-state index in [4.69, 9.17) is 5.84 Å². The molecule has 0 bridgehead atoms. The zero-order valence-corrected chi connectivity index (χ0v) is 10.4. The van der Waals surface area contributed by atoms with Gasteiger partial charge < -0.3 is 0 Å². The maximum Gasteiger partial charge on any atom is 0.193 e. The predicted octanol–water partition coefficient (Wildman–Crippen LogP) is 0.994. The fourth-order valence-electron chi connectivity index (χ4n) is 1.66. The molecule has 8 heteroatoms. The van der Waals surface area contributed by atoms with Gasteiger partial charge in [-0.15, -0.1) is 11.3 Å². The quantitative estimate of drug-likeness (QED) is 0.544. The molecule has 0 fully saturated rings. The zero-order chi connectivity index (χ0) is 11.7. The van der Waals surface area contributed by atoms with Crippen LogP contribution in [-0.2, 0) is 6.42 Å². The van der Waals surface area contributed by atoms with Crippen LogP contribution in [0.4, 0.5) is 0 Å². The molecule has 0 aliphatic carbocycles. The molecule has 0 radical (unpaired) electrons. The molecule has 3 aromatic rings. The minimum absolute atomic E-state index is 0.0432. The van der Waals surface area contributed by atoms with Crippen molar-refractivity contribution in [1.29, 1.82) is 0 Å². The van der Waals surface area contributed by atoms with Crippen LogP contribution in [-0.4, -0.2) is 18.1 Å². The van der Waals surface area contributed by atoms with Crippen molar-refractivity contribution in [3.05, 3.63) is 35.4 Å². The molecule has 0 saturated heterocycles. The highest BCUT2D eigenvalue weighted by atomic mass is 32.1. The number of aromatic nitrogens is 4. The SMILES string of the molecule is NNC(Cc1cn2ccsc2n1)c1cnsn1. The maximum atomic E-state index is 5.54. The van der Waals surface area contributed by atoms with E-state index in [9.17, 15) is 0 Å². The van der Waals surface area contributed by atoms with E-state index in [0.29, 0.717) is 6.42 Å². The molecule has 3 N–H and O–H groups in total. The average molecular weight is 266 g/mol. The Kier molecular flexibility index (Phi) is 2.85. The third kappa shape index (κ3) is 2.07. The summed E-state index contributed by atoms with van der Waals surface area (Å²) in [5.74, 6) is 5.54. The molecule has 0 spiro atoms. The van der Waals surface area contributed by atoms with Crippen LogP contribution < -0.4 is 11.3 Å². The van der Waals surface area contributed by atoms with Crippen LogP contribution in [0.15, 0.2) is 24.0 Å². The molecule has 88 valence electrons. The Balaban J connectivity index is 1.83. The zero-order valence-electron chi connectivity index (χ0n) is 8.78. The molecule has 17 heavy (non-hydrogen) atoms. The molecule has 3 rings (SSSR count). The standard InChI is InChI=1S/C9H10N6S2/c10-13-7(8-4-11-17-14-8)3-6-5-15-1-2-16-9(15)12-6/h1-2,4-5,7,13H,3,10H2. The number of fused-ring (bicyclic) bond motifs is 1. The number of nitrogens with two attached hydrogens (primary N) is 1. The summed E-state index contributed by atoms with van der Waals surface area (Å²) in [4.78, 5) is 5.50. The fraction of sp³-hybridized carbons (Fsp3) is 0.222. The van der Waals surface area contributed by atoms with Crippen molar-refractivity contribution in [3.63, 3.8) is 0 Å². The van der Waals surface area contributed by atoms with Gasteiger partial charge in [-0.2, -0.15) is 8.75 Å². The van der Waals surface area contributed by atoms with E-state index in [-0.39, 0.29) is 6.04 Å². The summed E-state index contributed by atoms with van der Waals surface area (Å²) >= 11 is 2.80. The van der Waals surface area contributed by atoms with E-state index in [1.54, 1.807) is 17.5 Å². The molecular weight excluding hydrogens is 256 g/mol. The van der Waals surface area contributed by atoms with Gasteiger partial charge in [0, 0.05) is 24.2 Å². The summed E-state index contributed by atoms with van der Waals surface area (Å²) < 4.78 is 10.2. The molecule has 6 nitrogen and oxygen atoms in total. The Morgan fingerprint density at radius 1 is 1.53 bits per heavy atom. The summed E-state index contributed by atoms with van der Waals surface area (Å²) in [6.45, 7) is 0. The van der Waals surface area contributed by atoms with Crippen molar-refractivity contribution in [3.8, 4) is 0 Å². The van der Waals surface area contributed by atoms with Crippen molar-refractivity contribution in [1.82, 2.24) is 23.6 Å². The molecule has 0 aromatic carbocycles. The van der Waals surface area contributed by atoms with Crippen molar-refractivity contribution in [2.75, 3.05) is 0 Å². The number of nitrogens with one attached hydrogen (secondary N) is 1. The normalized spacial score (nSPS) is 13.2. The molecule has 3 aromatic heterocycles. The van der Waals surface area contributed by atoms with E-state index in [1.165, 1.54) is 11.7 Å². The number of hydrazine groups is 1. The lowest BCUT2D eigenvalue weighted by Gasteiger charge is -2.10. The molecule has 0 aliphatic heterocycles. The van der Waals surface area contributed by atoms with E-state index >= 15 is 0 Å². The van der Waals surface area contributed by atoms with Gasteiger partial charge in [-0.3, -0.25) is 15.7 Å². The molecule has 0 aliphatic rings. The lowest BCUT2D eigenvalue weighted by atomic mass is 10.1. The van der Waals surface area contributed by atoms with Crippen LogP contribution >= 0.6 is 23.1 Å². The van der Waals surface area contributed by atoms with Crippen LogP contribution in [0.2, 0.25) is 0 Å². The predicted molar refractivity (Wildman–Crippen MR) is 66.7 cm³/mol. The highest BCUT2D eigenvalue weighted by Crippen LogP contribution is 2.18. The van der Waals surface area contributed by atoms with Gasteiger partial charge in [0.1, 0.15) is 0 Å². The number of rotatable bonds is 4. The van der Waals surface area contributed by atoms with E-state index in [2.05, 4.69) is 19.2 Å². The largest absolute Gasteiger partial charge is 0.297 e. The van der Waals surface area contributed by atoms with E-state index < -0.39 is 0 Å². The highest BCUT2D eigenvalue weighted by Gasteiger charge is 2.15. The Morgan fingerprint density at radius 3 is 3.18 bits per heavy atom. The first-order valence-corrected chi connectivity index (χ1v) is 6.62. The first kappa shape index (κ1) is 10.8. The second-order valence-electron chi connectivity index (χ2n) is 3.58. The number of thiazole rings is 1. The van der Waals surface area contributed by atoms with Gasteiger partial charge in [0.05, 0.1) is 35.4 Å². The second kappa shape index (κ2) is 4.49. The first-order chi connectivity index (χ1) is 8.36. The van der Waals surface area contributed by atoms with Crippen LogP contribution in [0.1, 0.15) is 17.4 Å². The lowest BCUT2D eigenvalue weighted by Crippen LogP contribution is -2.29. The summed E-state index contributed by atoms with van der Waals surface area (Å²) in [7, 11) is 0. The van der Waals surface area contributed by atoms with Gasteiger partial charge in [0.25, 0.3) is 0 Å². The number of nitrogens with zero attached hydrogens (tertiary/aromatic N) is 4. The van der Waals surface area contributed by atoms with Gasteiger partial charge >= 0.3 is 0 Å². The monoisotopic (exact) mass is 266 g/mol. The summed E-state index contributed by atoms with van der Waals surface area (Å²) in [6, 6.07) is -0.0432. The average Bonchev–Trinajstić information content (AvgIpc) is 3.01. The second-order valence-corrected chi connectivity index (χ2v) is 5.01. The topological polar surface area (TPSA) is 81.1 Å². The van der Waals surface area contributed by atoms with Crippen LogP contribution in [0.5, 0.6) is 0 Å². The fourth-order valence-corrected chi connectivity index (χ4v) is 2.85. The Morgan fingerprint density at radius 2 is 2.47 bits per heavy atom. The van der Waals surface area contributed by atoms with Crippen LogP contribution in [0, 0.1) is 0 Å². The van der Waals surface area contributed by atoms with Gasteiger partial charge in [0.2, 0.25) is 0 Å². The Labute approximate surface area is 105 Å². The van der Waals surface area contributed by atoms with Crippen molar-refractivity contribution >= 4 is 28.0 Å². The molecule has 3 heterocycles. The number of hydrogen-bond donors (Lipinski definition) is 2. The van der Waals surface area contributed by atoms with Gasteiger partial charge in [-0.25, -0.2) is 4.98 Å². The van der Waals surface area contributed by atoms with Crippen LogP contribution in [0.3, 0.4) is 0 Å². The third-order valence-corrected chi connectivity index (χ3v) is 3.76.